The third-order valence-corrected chi connectivity index (χ3v) is 3.37. The number of carbonyl (C=O) groups is 1. The molecule has 1 saturated carbocycles. The van der Waals surface area contributed by atoms with Gasteiger partial charge in [0.25, 0.3) is 0 Å². The van der Waals surface area contributed by atoms with E-state index in [0.29, 0.717) is 17.6 Å². The molecule has 2 rings (SSSR count). The Morgan fingerprint density at radius 2 is 2.15 bits per heavy atom. The fraction of sp³-hybridized carbons (Fsp3) is 0.667. The summed E-state index contributed by atoms with van der Waals surface area (Å²) in [7, 11) is 0. The van der Waals surface area contributed by atoms with E-state index in [-0.39, 0.29) is 0 Å². The van der Waals surface area contributed by atoms with Gasteiger partial charge in [0.05, 0.1) is 0 Å². The van der Waals surface area contributed by atoms with E-state index in [1.165, 1.54) is 18.8 Å². The minimum Gasteiger partial charge on any atom is -0.299 e. The minimum atomic E-state index is 0.365. The second kappa shape index (κ2) is 3.65. The molecule has 0 amide bonds. The van der Waals surface area contributed by atoms with Gasteiger partial charge in [-0.05, 0) is 37.5 Å². The molecule has 2 aliphatic rings. The molecule has 0 aromatic heterocycles. The van der Waals surface area contributed by atoms with E-state index < -0.39 is 0 Å². The molecule has 1 fully saturated rings. The minimum absolute atomic E-state index is 0.365. The van der Waals surface area contributed by atoms with Crippen molar-refractivity contribution < 1.29 is 4.79 Å². The van der Waals surface area contributed by atoms with Crippen molar-refractivity contribution in [1.82, 2.24) is 0 Å². The molecular formula is C12H17O. The van der Waals surface area contributed by atoms with Crippen LogP contribution in [0.1, 0.15) is 39.0 Å². The summed E-state index contributed by atoms with van der Waals surface area (Å²) in [5.41, 5.74) is 0. The molecule has 0 bridgehead atoms. The van der Waals surface area contributed by atoms with Gasteiger partial charge in [-0.2, -0.15) is 0 Å². The highest BCUT2D eigenvalue weighted by molar-refractivity contribution is 5.83. The van der Waals surface area contributed by atoms with Gasteiger partial charge in [0, 0.05) is 12.3 Å². The molecule has 13 heavy (non-hydrogen) atoms. The zero-order valence-corrected chi connectivity index (χ0v) is 8.25. The summed E-state index contributed by atoms with van der Waals surface area (Å²) in [5, 5.41) is 0. The van der Waals surface area contributed by atoms with Gasteiger partial charge in [-0.1, -0.05) is 19.1 Å². The third-order valence-electron chi connectivity index (χ3n) is 3.37. The fourth-order valence-corrected chi connectivity index (χ4v) is 2.49. The van der Waals surface area contributed by atoms with Crippen LogP contribution in [0.5, 0.6) is 0 Å². The fourth-order valence-electron chi connectivity index (χ4n) is 2.49. The second-order valence-corrected chi connectivity index (χ2v) is 4.37. The summed E-state index contributed by atoms with van der Waals surface area (Å²) in [6.07, 6.45) is 9.93. The van der Waals surface area contributed by atoms with Crippen LogP contribution in [0.4, 0.5) is 0 Å². The Morgan fingerprint density at radius 3 is 2.69 bits per heavy atom. The standard InChI is InChI=1S/C12H17O/c1-9-5-7-10(8-6-9)11-3-2-4-12(11)13/h5,7,10-11H,2-4,6,8H2,1H3. The lowest BCUT2D eigenvalue weighted by Crippen LogP contribution is -2.19. The number of ketones is 1. The zero-order chi connectivity index (χ0) is 9.26. The van der Waals surface area contributed by atoms with Gasteiger partial charge in [-0.25, -0.2) is 0 Å². The lowest BCUT2D eigenvalue weighted by Gasteiger charge is -2.24. The van der Waals surface area contributed by atoms with Crippen LogP contribution in [0.25, 0.3) is 0 Å². The Balaban J connectivity index is 2.01. The van der Waals surface area contributed by atoms with Crippen LogP contribution < -0.4 is 0 Å². The molecule has 0 N–H and O–H groups in total. The van der Waals surface area contributed by atoms with Crippen molar-refractivity contribution in [3.05, 3.63) is 18.1 Å². The largest absolute Gasteiger partial charge is 0.299 e. The lowest BCUT2D eigenvalue weighted by molar-refractivity contribution is -0.121. The van der Waals surface area contributed by atoms with Gasteiger partial charge in [-0.3, -0.25) is 4.79 Å². The molecule has 1 radical (unpaired) electrons. The molecule has 0 saturated heterocycles. The summed E-state index contributed by atoms with van der Waals surface area (Å²) in [5.74, 6) is 2.89. The first-order chi connectivity index (χ1) is 6.27. The number of rotatable bonds is 1. The van der Waals surface area contributed by atoms with Crippen molar-refractivity contribution in [2.24, 2.45) is 11.8 Å². The third kappa shape index (κ3) is 1.84. The molecule has 1 heteroatoms. The molecule has 0 aromatic rings. The van der Waals surface area contributed by atoms with Crippen LogP contribution in [0.3, 0.4) is 0 Å². The predicted octanol–water partition coefficient (Wildman–Crippen LogP) is 2.92. The van der Waals surface area contributed by atoms with Crippen LogP contribution in [0, 0.1) is 17.8 Å². The van der Waals surface area contributed by atoms with E-state index in [2.05, 4.69) is 19.1 Å². The topological polar surface area (TPSA) is 17.1 Å². The Hall–Kier alpha value is -0.590. The lowest BCUT2D eigenvalue weighted by atomic mass is 9.80. The zero-order valence-electron chi connectivity index (χ0n) is 8.25. The van der Waals surface area contributed by atoms with Gasteiger partial charge in [0.15, 0.2) is 0 Å². The number of hydrogen-bond acceptors (Lipinski definition) is 1. The maximum atomic E-state index is 11.5. The van der Waals surface area contributed by atoms with E-state index in [9.17, 15) is 4.79 Å². The quantitative estimate of drug-likeness (QED) is 0.602. The van der Waals surface area contributed by atoms with Crippen LogP contribution in [0.2, 0.25) is 0 Å². The summed E-state index contributed by atoms with van der Waals surface area (Å²) >= 11 is 0. The number of allylic oxidation sites excluding steroid dienone is 2. The predicted molar refractivity (Wildman–Crippen MR) is 53.1 cm³/mol. The molecule has 0 spiro atoms. The Morgan fingerprint density at radius 1 is 1.31 bits per heavy atom. The Kier molecular flexibility index (Phi) is 2.52. The van der Waals surface area contributed by atoms with E-state index >= 15 is 0 Å². The average Bonchev–Trinajstić information content (AvgIpc) is 2.53. The molecule has 0 aliphatic heterocycles. The van der Waals surface area contributed by atoms with Gasteiger partial charge >= 0.3 is 0 Å². The molecule has 0 aromatic carbocycles. The molecule has 2 unspecified atom stereocenters. The van der Waals surface area contributed by atoms with Crippen molar-refractivity contribution >= 4 is 5.78 Å². The Bertz CT molecular complexity index is 229. The first-order valence-corrected chi connectivity index (χ1v) is 5.31. The molecular weight excluding hydrogens is 160 g/mol. The molecule has 1 nitrogen and oxygen atoms in total. The summed E-state index contributed by atoms with van der Waals surface area (Å²) in [4.78, 5) is 11.5. The highest BCUT2D eigenvalue weighted by Crippen LogP contribution is 2.35. The monoisotopic (exact) mass is 177 g/mol. The SMILES string of the molecule is C[C]1C=CC(C2CCCC2=O)CC1. The van der Waals surface area contributed by atoms with Crippen LogP contribution in [-0.2, 0) is 4.79 Å². The van der Waals surface area contributed by atoms with Gasteiger partial charge in [0.2, 0.25) is 0 Å². The number of hydrogen-bond donors (Lipinski definition) is 0. The van der Waals surface area contributed by atoms with Gasteiger partial charge < -0.3 is 0 Å². The van der Waals surface area contributed by atoms with Crippen LogP contribution in [0.15, 0.2) is 12.2 Å². The first kappa shape index (κ1) is 8.98. The van der Waals surface area contributed by atoms with Crippen LogP contribution >= 0.6 is 0 Å². The van der Waals surface area contributed by atoms with Crippen molar-refractivity contribution in [2.45, 2.75) is 39.0 Å². The van der Waals surface area contributed by atoms with E-state index in [0.717, 1.165) is 19.3 Å². The molecule has 2 atom stereocenters. The van der Waals surface area contributed by atoms with Crippen molar-refractivity contribution in [3.8, 4) is 0 Å². The summed E-state index contributed by atoms with van der Waals surface area (Å²) in [6, 6.07) is 0. The maximum Gasteiger partial charge on any atom is 0.136 e. The molecule has 71 valence electrons. The van der Waals surface area contributed by atoms with Crippen molar-refractivity contribution in [2.75, 3.05) is 0 Å². The first-order valence-electron chi connectivity index (χ1n) is 5.31. The average molecular weight is 177 g/mol. The molecule has 0 heterocycles. The number of Topliss-reactive ketones (excluding diaryl/α,β-unsaturated/α-hetero) is 1. The van der Waals surface area contributed by atoms with Crippen molar-refractivity contribution in [1.29, 1.82) is 0 Å². The van der Waals surface area contributed by atoms with E-state index in [1.807, 2.05) is 0 Å². The smallest absolute Gasteiger partial charge is 0.136 e. The summed E-state index contributed by atoms with van der Waals surface area (Å²) in [6.45, 7) is 2.17. The van der Waals surface area contributed by atoms with E-state index in [4.69, 9.17) is 0 Å². The molecule has 2 aliphatic carbocycles. The van der Waals surface area contributed by atoms with E-state index in [1.54, 1.807) is 0 Å². The van der Waals surface area contributed by atoms with Crippen LogP contribution in [-0.4, -0.2) is 5.78 Å². The van der Waals surface area contributed by atoms with Gasteiger partial charge in [0.1, 0.15) is 5.78 Å². The van der Waals surface area contributed by atoms with Crippen molar-refractivity contribution in [3.63, 3.8) is 0 Å². The van der Waals surface area contributed by atoms with Gasteiger partial charge in [-0.15, -0.1) is 0 Å². The summed E-state index contributed by atoms with van der Waals surface area (Å²) < 4.78 is 0. The highest BCUT2D eigenvalue weighted by atomic mass is 16.1. The Labute approximate surface area is 80.2 Å². The number of carbonyl (C=O) groups excluding carboxylic acids is 1. The maximum absolute atomic E-state index is 11.5. The highest BCUT2D eigenvalue weighted by Gasteiger charge is 2.31. The normalized spacial score (nSPS) is 35.6. The second-order valence-electron chi connectivity index (χ2n) is 4.37.